The Morgan fingerprint density at radius 3 is 2.55 bits per heavy atom. The molecule has 1 saturated carbocycles. The number of sulfone groups is 1. The molecule has 112 valence electrons. The van der Waals surface area contributed by atoms with Crippen molar-refractivity contribution in [3.05, 3.63) is 17.5 Å². The van der Waals surface area contributed by atoms with E-state index in [4.69, 9.17) is 0 Å². The highest BCUT2D eigenvalue weighted by molar-refractivity contribution is 7.91. The standard InChI is InChI=1S/C13H21N3O3S/c1-9-7-15-16-12(9)13(17)14-8-10-3-5-11(6-4-10)20(2,18)19/h7,10-11H,3-6,8H2,1-2H3,(H,14,17)(H,15,16)/t10-,11-. The smallest absolute Gasteiger partial charge is 0.272 e. The topological polar surface area (TPSA) is 91.9 Å². The molecule has 0 atom stereocenters. The highest BCUT2D eigenvalue weighted by Gasteiger charge is 2.28. The van der Waals surface area contributed by atoms with Crippen molar-refractivity contribution in [2.24, 2.45) is 5.92 Å². The molecule has 2 rings (SSSR count). The van der Waals surface area contributed by atoms with E-state index in [0.29, 0.717) is 31.0 Å². The van der Waals surface area contributed by atoms with Gasteiger partial charge in [0.2, 0.25) is 0 Å². The first-order valence-corrected chi connectivity index (χ1v) is 8.81. The summed E-state index contributed by atoms with van der Waals surface area (Å²) in [6.45, 7) is 2.41. The maximum atomic E-state index is 11.9. The lowest BCUT2D eigenvalue weighted by Crippen LogP contribution is -2.34. The van der Waals surface area contributed by atoms with Crippen LogP contribution < -0.4 is 5.32 Å². The molecule has 0 aromatic carbocycles. The van der Waals surface area contributed by atoms with Crippen molar-refractivity contribution in [3.63, 3.8) is 0 Å². The van der Waals surface area contributed by atoms with Crippen molar-refractivity contribution < 1.29 is 13.2 Å². The summed E-state index contributed by atoms with van der Waals surface area (Å²) in [4.78, 5) is 11.9. The number of carbonyl (C=O) groups is 1. The summed E-state index contributed by atoms with van der Waals surface area (Å²) in [6, 6.07) is 0. The number of rotatable bonds is 4. The summed E-state index contributed by atoms with van der Waals surface area (Å²) >= 11 is 0. The number of nitrogens with zero attached hydrogens (tertiary/aromatic N) is 1. The zero-order valence-electron chi connectivity index (χ0n) is 11.8. The molecule has 1 amide bonds. The van der Waals surface area contributed by atoms with Gasteiger partial charge >= 0.3 is 0 Å². The molecular weight excluding hydrogens is 278 g/mol. The van der Waals surface area contributed by atoms with Crippen molar-refractivity contribution in [1.29, 1.82) is 0 Å². The molecule has 0 unspecified atom stereocenters. The van der Waals surface area contributed by atoms with Crippen LogP contribution in [0.5, 0.6) is 0 Å². The number of aryl methyl sites for hydroxylation is 1. The third-order valence-corrected chi connectivity index (χ3v) is 5.68. The Labute approximate surface area is 119 Å². The van der Waals surface area contributed by atoms with Crippen molar-refractivity contribution in [2.45, 2.75) is 37.9 Å². The quantitative estimate of drug-likeness (QED) is 0.869. The molecule has 2 N–H and O–H groups in total. The van der Waals surface area contributed by atoms with Crippen molar-refractivity contribution in [1.82, 2.24) is 15.5 Å². The van der Waals surface area contributed by atoms with Crippen LogP contribution in [0.2, 0.25) is 0 Å². The first-order chi connectivity index (χ1) is 9.38. The fourth-order valence-corrected chi connectivity index (χ4v) is 3.79. The van der Waals surface area contributed by atoms with E-state index in [-0.39, 0.29) is 11.2 Å². The lowest BCUT2D eigenvalue weighted by atomic mass is 9.89. The van der Waals surface area contributed by atoms with E-state index in [1.54, 1.807) is 6.20 Å². The fraction of sp³-hybridized carbons (Fsp3) is 0.692. The van der Waals surface area contributed by atoms with Crippen LogP contribution in [0.3, 0.4) is 0 Å². The van der Waals surface area contributed by atoms with Crippen LogP contribution in [0.15, 0.2) is 6.20 Å². The third kappa shape index (κ3) is 3.59. The van der Waals surface area contributed by atoms with Gasteiger partial charge in [-0.2, -0.15) is 5.10 Å². The predicted octanol–water partition coefficient (Wildman–Crippen LogP) is 1.05. The van der Waals surface area contributed by atoms with Crippen LogP contribution in [0.4, 0.5) is 0 Å². The van der Waals surface area contributed by atoms with E-state index in [1.807, 2.05) is 6.92 Å². The number of hydrogen-bond donors (Lipinski definition) is 2. The van der Waals surface area contributed by atoms with E-state index >= 15 is 0 Å². The second kappa shape index (κ2) is 5.95. The van der Waals surface area contributed by atoms with Crippen LogP contribution in [-0.2, 0) is 9.84 Å². The van der Waals surface area contributed by atoms with E-state index in [0.717, 1.165) is 18.4 Å². The van der Waals surface area contributed by atoms with Gasteiger partial charge in [0.1, 0.15) is 9.84 Å². The first kappa shape index (κ1) is 15.0. The van der Waals surface area contributed by atoms with Gasteiger partial charge in [-0.05, 0) is 44.1 Å². The number of H-pyrrole nitrogens is 1. The summed E-state index contributed by atoms with van der Waals surface area (Å²) in [5, 5.41) is 9.24. The molecule has 0 radical (unpaired) electrons. The molecule has 1 heterocycles. The van der Waals surface area contributed by atoms with Gasteiger partial charge in [0.05, 0.1) is 5.25 Å². The highest BCUT2D eigenvalue weighted by atomic mass is 32.2. The zero-order valence-corrected chi connectivity index (χ0v) is 12.7. The molecule has 0 bridgehead atoms. The summed E-state index contributed by atoms with van der Waals surface area (Å²) < 4.78 is 22.9. The molecule has 0 saturated heterocycles. The van der Waals surface area contributed by atoms with E-state index in [2.05, 4.69) is 15.5 Å². The Kier molecular flexibility index (Phi) is 4.47. The summed E-state index contributed by atoms with van der Waals surface area (Å²) in [5.41, 5.74) is 1.25. The number of carbonyl (C=O) groups excluding carboxylic acids is 1. The Hall–Kier alpha value is -1.37. The van der Waals surface area contributed by atoms with Gasteiger partial charge < -0.3 is 5.32 Å². The molecule has 1 aliphatic rings. The molecule has 1 aliphatic carbocycles. The fourth-order valence-electron chi connectivity index (χ4n) is 2.66. The molecule has 1 fully saturated rings. The lowest BCUT2D eigenvalue weighted by molar-refractivity contribution is 0.0938. The summed E-state index contributed by atoms with van der Waals surface area (Å²) in [6.07, 6.45) is 6.07. The molecule has 1 aromatic rings. The second-order valence-electron chi connectivity index (χ2n) is 5.60. The maximum Gasteiger partial charge on any atom is 0.272 e. The Balaban J connectivity index is 1.80. The highest BCUT2D eigenvalue weighted by Crippen LogP contribution is 2.27. The van der Waals surface area contributed by atoms with Gasteiger partial charge in [-0.25, -0.2) is 8.42 Å². The number of aromatic amines is 1. The van der Waals surface area contributed by atoms with Crippen molar-refractivity contribution >= 4 is 15.7 Å². The van der Waals surface area contributed by atoms with Gasteiger partial charge in [0, 0.05) is 19.0 Å². The van der Waals surface area contributed by atoms with Gasteiger partial charge in [0.15, 0.2) is 5.69 Å². The minimum Gasteiger partial charge on any atom is -0.350 e. The maximum absolute atomic E-state index is 11.9. The number of amides is 1. The average Bonchev–Trinajstić information content (AvgIpc) is 2.82. The van der Waals surface area contributed by atoms with Gasteiger partial charge in [-0.15, -0.1) is 0 Å². The largest absolute Gasteiger partial charge is 0.350 e. The molecule has 1 aromatic heterocycles. The summed E-state index contributed by atoms with van der Waals surface area (Å²) in [5.74, 6) is 0.185. The average molecular weight is 299 g/mol. The van der Waals surface area contributed by atoms with Gasteiger partial charge in [-0.1, -0.05) is 0 Å². The number of nitrogens with one attached hydrogen (secondary N) is 2. The SMILES string of the molecule is Cc1c[nH]nc1C(=O)NC[C@H]1CC[C@H](S(C)(=O)=O)CC1. The van der Waals surface area contributed by atoms with Crippen molar-refractivity contribution in [2.75, 3.05) is 12.8 Å². The monoisotopic (exact) mass is 299 g/mol. The van der Waals surface area contributed by atoms with Gasteiger partial charge in [0.25, 0.3) is 5.91 Å². The lowest BCUT2D eigenvalue weighted by Gasteiger charge is -2.27. The Bertz CT molecular complexity index is 571. The van der Waals surface area contributed by atoms with Crippen LogP contribution in [-0.4, -0.2) is 42.6 Å². The molecule has 0 aliphatic heterocycles. The van der Waals surface area contributed by atoms with E-state index < -0.39 is 9.84 Å². The summed E-state index contributed by atoms with van der Waals surface area (Å²) in [7, 11) is -2.92. The van der Waals surface area contributed by atoms with E-state index in [1.165, 1.54) is 6.26 Å². The van der Waals surface area contributed by atoms with Crippen LogP contribution in [0.25, 0.3) is 0 Å². The van der Waals surface area contributed by atoms with Crippen LogP contribution in [0, 0.1) is 12.8 Å². The molecule has 7 heteroatoms. The molecule has 6 nitrogen and oxygen atoms in total. The first-order valence-electron chi connectivity index (χ1n) is 6.85. The Morgan fingerprint density at radius 1 is 1.40 bits per heavy atom. The van der Waals surface area contributed by atoms with Gasteiger partial charge in [-0.3, -0.25) is 9.89 Å². The minimum atomic E-state index is -2.92. The Morgan fingerprint density at radius 2 is 2.05 bits per heavy atom. The molecule has 0 spiro atoms. The number of hydrogen-bond acceptors (Lipinski definition) is 4. The molecule has 20 heavy (non-hydrogen) atoms. The predicted molar refractivity (Wildman–Crippen MR) is 76.2 cm³/mol. The van der Waals surface area contributed by atoms with Crippen LogP contribution >= 0.6 is 0 Å². The van der Waals surface area contributed by atoms with Crippen LogP contribution in [0.1, 0.15) is 41.7 Å². The molecular formula is C13H21N3O3S. The zero-order chi connectivity index (χ0) is 14.8. The third-order valence-electron chi connectivity index (χ3n) is 4.00. The normalized spacial score (nSPS) is 23.5. The second-order valence-corrected chi connectivity index (χ2v) is 7.92. The van der Waals surface area contributed by atoms with E-state index in [9.17, 15) is 13.2 Å². The van der Waals surface area contributed by atoms with Crippen molar-refractivity contribution in [3.8, 4) is 0 Å². The number of aromatic nitrogens is 2. The minimum absolute atomic E-state index is 0.172.